The topological polar surface area (TPSA) is 90.2 Å². The summed E-state index contributed by atoms with van der Waals surface area (Å²) in [6.45, 7) is 0. The maximum absolute atomic E-state index is 13.5. The molecule has 20 heavy (non-hydrogen) atoms. The standard InChI is InChI=1S/C11H8BrFN4O3/c1-14-11-15-3-2-10(16-11)20-9-5-7(13)6(12)4-8(9)17(18)19/h2-5H,1H3,(H,14,15,16). The van der Waals surface area contributed by atoms with Crippen LogP contribution in [-0.4, -0.2) is 21.9 Å². The highest BCUT2D eigenvalue weighted by Gasteiger charge is 2.20. The molecule has 0 radical (unpaired) electrons. The zero-order valence-electron chi connectivity index (χ0n) is 10.1. The van der Waals surface area contributed by atoms with Crippen LogP contribution in [0.2, 0.25) is 0 Å². The lowest BCUT2D eigenvalue weighted by molar-refractivity contribution is -0.385. The number of anilines is 1. The summed E-state index contributed by atoms with van der Waals surface area (Å²) in [6, 6.07) is 3.36. The van der Waals surface area contributed by atoms with Crippen molar-refractivity contribution in [2.75, 3.05) is 12.4 Å². The number of aromatic nitrogens is 2. The van der Waals surface area contributed by atoms with Gasteiger partial charge in [-0.3, -0.25) is 10.1 Å². The third-order valence-corrected chi connectivity index (χ3v) is 2.87. The minimum Gasteiger partial charge on any atom is -0.432 e. The zero-order valence-corrected chi connectivity index (χ0v) is 11.7. The number of hydrogen-bond acceptors (Lipinski definition) is 6. The fraction of sp³-hybridized carbons (Fsp3) is 0.0909. The van der Waals surface area contributed by atoms with Gasteiger partial charge in [0.25, 0.3) is 0 Å². The Balaban J connectivity index is 2.41. The van der Waals surface area contributed by atoms with E-state index in [1.54, 1.807) is 7.05 Å². The van der Waals surface area contributed by atoms with Gasteiger partial charge < -0.3 is 10.1 Å². The Morgan fingerprint density at radius 1 is 1.50 bits per heavy atom. The lowest BCUT2D eigenvalue weighted by Gasteiger charge is -2.07. The third kappa shape index (κ3) is 2.99. The number of nitrogens with one attached hydrogen (secondary N) is 1. The van der Waals surface area contributed by atoms with E-state index in [0.717, 1.165) is 12.1 Å². The van der Waals surface area contributed by atoms with Crippen molar-refractivity contribution < 1.29 is 14.1 Å². The lowest BCUT2D eigenvalue weighted by atomic mass is 10.3. The molecule has 0 saturated carbocycles. The highest BCUT2D eigenvalue weighted by molar-refractivity contribution is 9.10. The van der Waals surface area contributed by atoms with Gasteiger partial charge in [-0.2, -0.15) is 4.98 Å². The molecule has 0 bridgehead atoms. The van der Waals surface area contributed by atoms with Crippen LogP contribution < -0.4 is 10.1 Å². The molecule has 0 saturated heterocycles. The molecule has 1 heterocycles. The number of nitrogens with zero attached hydrogens (tertiary/aromatic N) is 3. The Bertz CT molecular complexity index is 668. The molecular formula is C11H8BrFN4O3. The van der Waals surface area contributed by atoms with Gasteiger partial charge in [0.2, 0.25) is 17.6 Å². The number of nitro groups is 1. The number of rotatable bonds is 4. The van der Waals surface area contributed by atoms with Crippen LogP contribution in [0.25, 0.3) is 0 Å². The molecule has 1 aromatic carbocycles. The van der Waals surface area contributed by atoms with Crippen LogP contribution >= 0.6 is 15.9 Å². The van der Waals surface area contributed by atoms with E-state index in [4.69, 9.17) is 4.74 Å². The second-order valence-corrected chi connectivity index (χ2v) is 4.42. The molecule has 0 spiro atoms. The Hall–Kier alpha value is -2.29. The molecule has 7 nitrogen and oxygen atoms in total. The molecule has 0 unspecified atom stereocenters. The Morgan fingerprint density at radius 2 is 2.25 bits per heavy atom. The fourth-order valence-electron chi connectivity index (χ4n) is 1.37. The van der Waals surface area contributed by atoms with Crippen LogP contribution in [0.1, 0.15) is 0 Å². The van der Waals surface area contributed by atoms with E-state index < -0.39 is 10.7 Å². The Labute approximate surface area is 121 Å². The number of hydrogen-bond donors (Lipinski definition) is 1. The number of ether oxygens (including phenoxy) is 1. The summed E-state index contributed by atoms with van der Waals surface area (Å²) in [5, 5.41) is 13.6. The number of halogens is 2. The first kappa shape index (κ1) is 14.1. The van der Waals surface area contributed by atoms with E-state index in [9.17, 15) is 14.5 Å². The average Bonchev–Trinajstić information content (AvgIpc) is 2.42. The van der Waals surface area contributed by atoms with Crippen LogP contribution in [0.5, 0.6) is 11.6 Å². The first-order valence-corrected chi connectivity index (χ1v) is 6.12. The van der Waals surface area contributed by atoms with Gasteiger partial charge in [-0.25, -0.2) is 9.37 Å². The molecule has 2 rings (SSSR count). The second-order valence-electron chi connectivity index (χ2n) is 3.56. The SMILES string of the molecule is CNc1nccc(Oc2cc(F)c(Br)cc2[N+](=O)[O-])n1. The first-order chi connectivity index (χ1) is 9.51. The molecular weight excluding hydrogens is 335 g/mol. The van der Waals surface area contributed by atoms with Gasteiger partial charge >= 0.3 is 5.69 Å². The predicted molar refractivity (Wildman–Crippen MR) is 72.4 cm³/mol. The van der Waals surface area contributed by atoms with E-state index in [2.05, 4.69) is 31.2 Å². The predicted octanol–water partition coefficient (Wildman–Crippen LogP) is 3.12. The van der Waals surface area contributed by atoms with Gasteiger partial charge in [-0.05, 0) is 15.9 Å². The second kappa shape index (κ2) is 5.78. The van der Waals surface area contributed by atoms with Gasteiger partial charge in [-0.1, -0.05) is 0 Å². The lowest BCUT2D eigenvalue weighted by Crippen LogP contribution is -1.99. The monoisotopic (exact) mass is 342 g/mol. The van der Waals surface area contributed by atoms with Crippen molar-refractivity contribution >= 4 is 27.6 Å². The highest BCUT2D eigenvalue weighted by Crippen LogP contribution is 2.34. The molecule has 2 aromatic rings. The normalized spacial score (nSPS) is 10.2. The van der Waals surface area contributed by atoms with E-state index in [0.29, 0.717) is 0 Å². The molecule has 0 atom stereocenters. The highest BCUT2D eigenvalue weighted by atomic mass is 79.9. The van der Waals surface area contributed by atoms with Gasteiger partial charge in [0, 0.05) is 31.4 Å². The van der Waals surface area contributed by atoms with E-state index in [1.165, 1.54) is 12.3 Å². The smallest absolute Gasteiger partial charge is 0.312 e. The van der Waals surface area contributed by atoms with Crippen molar-refractivity contribution in [3.05, 3.63) is 44.8 Å². The van der Waals surface area contributed by atoms with Crippen LogP contribution in [0.3, 0.4) is 0 Å². The van der Waals surface area contributed by atoms with Crippen LogP contribution in [0.4, 0.5) is 16.0 Å². The summed E-state index contributed by atoms with van der Waals surface area (Å²) in [5.74, 6) is -0.568. The summed E-state index contributed by atoms with van der Waals surface area (Å²) >= 11 is 2.89. The minimum atomic E-state index is -0.673. The van der Waals surface area contributed by atoms with Gasteiger partial charge in [0.1, 0.15) is 5.82 Å². The molecule has 0 amide bonds. The number of nitro benzene ring substituents is 1. The van der Waals surface area contributed by atoms with Crippen molar-refractivity contribution in [2.24, 2.45) is 0 Å². The summed E-state index contributed by atoms with van der Waals surface area (Å²) < 4.78 is 18.7. The van der Waals surface area contributed by atoms with Gasteiger partial charge in [0.05, 0.1) is 9.40 Å². The van der Waals surface area contributed by atoms with Crippen molar-refractivity contribution in [2.45, 2.75) is 0 Å². The minimum absolute atomic E-state index is 0.0184. The summed E-state index contributed by atoms with van der Waals surface area (Å²) in [4.78, 5) is 18.1. The van der Waals surface area contributed by atoms with E-state index >= 15 is 0 Å². The number of benzene rings is 1. The quantitative estimate of drug-likeness (QED) is 0.678. The molecule has 0 aliphatic carbocycles. The van der Waals surface area contributed by atoms with Crippen molar-refractivity contribution in [3.8, 4) is 11.6 Å². The largest absolute Gasteiger partial charge is 0.432 e. The molecule has 9 heteroatoms. The van der Waals surface area contributed by atoms with Crippen LogP contribution in [0, 0.1) is 15.9 Å². The molecule has 0 fully saturated rings. The van der Waals surface area contributed by atoms with Crippen molar-refractivity contribution in [1.29, 1.82) is 0 Å². The fourth-order valence-corrected chi connectivity index (χ4v) is 1.71. The van der Waals surface area contributed by atoms with Crippen LogP contribution in [0.15, 0.2) is 28.9 Å². The molecule has 1 aromatic heterocycles. The molecule has 1 N–H and O–H groups in total. The third-order valence-electron chi connectivity index (χ3n) is 2.27. The maximum Gasteiger partial charge on any atom is 0.312 e. The van der Waals surface area contributed by atoms with Crippen molar-refractivity contribution in [1.82, 2.24) is 9.97 Å². The van der Waals surface area contributed by atoms with Gasteiger partial charge in [0.15, 0.2) is 0 Å². The van der Waals surface area contributed by atoms with E-state index in [1.807, 2.05) is 0 Å². The van der Waals surface area contributed by atoms with Crippen molar-refractivity contribution in [3.63, 3.8) is 0 Å². The summed E-state index contributed by atoms with van der Waals surface area (Å²) in [5.41, 5.74) is -0.372. The first-order valence-electron chi connectivity index (χ1n) is 5.33. The van der Waals surface area contributed by atoms with Crippen LogP contribution in [-0.2, 0) is 0 Å². The maximum atomic E-state index is 13.5. The average molecular weight is 343 g/mol. The molecule has 0 aliphatic heterocycles. The summed E-state index contributed by atoms with van der Waals surface area (Å²) in [6.07, 6.45) is 1.41. The van der Waals surface area contributed by atoms with Gasteiger partial charge in [-0.15, -0.1) is 0 Å². The Kier molecular flexibility index (Phi) is 4.08. The van der Waals surface area contributed by atoms with E-state index in [-0.39, 0.29) is 27.7 Å². The molecule has 104 valence electrons. The Morgan fingerprint density at radius 3 is 2.90 bits per heavy atom. The zero-order chi connectivity index (χ0) is 14.7. The summed E-state index contributed by atoms with van der Waals surface area (Å²) in [7, 11) is 1.61. The molecule has 0 aliphatic rings.